The molecule has 0 aliphatic heterocycles. The Hall–Kier alpha value is -4.94. The average molecular weight is 412 g/mol. The Morgan fingerprint density at radius 2 is 1.00 bits per heavy atom. The lowest BCUT2D eigenvalue weighted by molar-refractivity contribution is 0.0979. The van der Waals surface area contributed by atoms with Gasteiger partial charge in [0.05, 0.1) is 11.1 Å². The lowest BCUT2D eigenvalue weighted by Crippen LogP contribution is -2.21. The summed E-state index contributed by atoms with van der Waals surface area (Å²) < 4.78 is 0. The van der Waals surface area contributed by atoms with Crippen LogP contribution in [0.15, 0.2) is 73.3 Å². The number of fused-ring (bicyclic) bond motifs is 2. The van der Waals surface area contributed by atoms with Crippen LogP contribution in [0.3, 0.4) is 0 Å². The largest absolute Gasteiger partial charge is 0.289 e. The molecule has 0 bridgehead atoms. The topological polar surface area (TPSA) is 108 Å². The van der Waals surface area contributed by atoms with Crippen molar-refractivity contribution in [1.82, 2.24) is 9.97 Å². The molecule has 1 aliphatic rings. The number of hydrogen-bond donors (Lipinski definition) is 0. The zero-order chi connectivity index (χ0) is 22.2. The fourth-order valence-electron chi connectivity index (χ4n) is 3.96. The van der Waals surface area contributed by atoms with Gasteiger partial charge in [-0.1, -0.05) is 12.1 Å². The van der Waals surface area contributed by atoms with E-state index in [1.165, 1.54) is 12.4 Å². The van der Waals surface area contributed by atoms with E-state index in [0.717, 1.165) is 0 Å². The van der Waals surface area contributed by atoms with Gasteiger partial charge >= 0.3 is 0 Å². The Labute approximate surface area is 183 Å². The summed E-state index contributed by atoms with van der Waals surface area (Å²) in [5, 5.41) is 18.7. The smallest absolute Gasteiger partial charge is 0.194 e. The summed E-state index contributed by atoms with van der Waals surface area (Å²) in [4.78, 5) is 34.5. The summed E-state index contributed by atoms with van der Waals surface area (Å²) in [6, 6.07) is 17.6. The monoisotopic (exact) mass is 412 g/mol. The molecule has 0 spiro atoms. The molecule has 2 heterocycles. The summed E-state index contributed by atoms with van der Waals surface area (Å²) in [7, 11) is 0. The number of pyridine rings is 2. The minimum Gasteiger partial charge on any atom is -0.289 e. The highest BCUT2D eigenvalue weighted by Gasteiger charge is 2.30. The van der Waals surface area contributed by atoms with Crippen LogP contribution < -0.4 is 0 Å². The summed E-state index contributed by atoms with van der Waals surface area (Å²) in [5.74, 6) is -0.517. The van der Waals surface area contributed by atoms with Gasteiger partial charge in [-0.2, -0.15) is 10.5 Å². The van der Waals surface area contributed by atoms with Crippen molar-refractivity contribution in [1.29, 1.82) is 10.5 Å². The summed E-state index contributed by atoms with van der Waals surface area (Å²) in [6.07, 6.45) is 6.09. The molecule has 0 saturated heterocycles. The first-order valence-corrected chi connectivity index (χ1v) is 9.69. The average Bonchev–Trinajstić information content (AvgIpc) is 2.86. The van der Waals surface area contributed by atoms with Gasteiger partial charge in [0.15, 0.2) is 11.6 Å². The zero-order valence-corrected chi connectivity index (χ0v) is 16.5. The maximum atomic E-state index is 13.3. The molecule has 6 heteroatoms. The van der Waals surface area contributed by atoms with Crippen LogP contribution in [0.2, 0.25) is 0 Å². The van der Waals surface area contributed by atoms with Gasteiger partial charge in [-0.15, -0.1) is 0 Å². The molecule has 4 aromatic rings. The first-order valence-electron chi connectivity index (χ1n) is 9.69. The second-order valence-electron chi connectivity index (χ2n) is 7.25. The van der Waals surface area contributed by atoms with Crippen molar-refractivity contribution in [3.8, 4) is 34.4 Å². The molecular weight excluding hydrogens is 400 g/mol. The van der Waals surface area contributed by atoms with Crippen LogP contribution in [0.1, 0.15) is 43.0 Å². The van der Waals surface area contributed by atoms with Crippen molar-refractivity contribution in [2.45, 2.75) is 0 Å². The van der Waals surface area contributed by atoms with Crippen LogP contribution in [0, 0.1) is 22.7 Å². The molecule has 0 atom stereocenters. The van der Waals surface area contributed by atoms with Crippen molar-refractivity contribution >= 4 is 11.6 Å². The van der Waals surface area contributed by atoms with E-state index >= 15 is 0 Å². The predicted octanol–water partition coefficient (Wildman–Crippen LogP) is 4.33. The third kappa shape index (κ3) is 2.87. The van der Waals surface area contributed by atoms with Crippen LogP contribution in [0.25, 0.3) is 22.3 Å². The van der Waals surface area contributed by atoms with Gasteiger partial charge in [0, 0.05) is 58.2 Å². The molecular formula is C26H12N4O2. The van der Waals surface area contributed by atoms with Gasteiger partial charge in [0.25, 0.3) is 0 Å². The van der Waals surface area contributed by atoms with Gasteiger partial charge in [0.2, 0.25) is 0 Å². The van der Waals surface area contributed by atoms with Gasteiger partial charge in [-0.3, -0.25) is 19.6 Å². The normalized spacial score (nSPS) is 11.8. The van der Waals surface area contributed by atoms with Crippen molar-refractivity contribution in [2.75, 3.05) is 0 Å². The number of carbonyl (C=O) groups is 2. The van der Waals surface area contributed by atoms with Crippen LogP contribution in [-0.2, 0) is 0 Å². The Morgan fingerprint density at radius 1 is 0.562 bits per heavy atom. The maximum absolute atomic E-state index is 13.3. The number of nitrogens with zero attached hydrogens (tertiary/aromatic N) is 4. The number of nitriles is 2. The number of ketones is 2. The van der Waals surface area contributed by atoms with Crippen molar-refractivity contribution < 1.29 is 9.59 Å². The molecule has 0 saturated carbocycles. The van der Waals surface area contributed by atoms with E-state index in [4.69, 9.17) is 0 Å². The molecule has 0 amide bonds. The lowest BCUT2D eigenvalue weighted by Gasteiger charge is -2.19. The lowest BCUT2D eigenvalue weighted by atomic mass is 9.81. The number of carbonyl (C=O) groups excluding carboxylic acids is 2. The highest BCUT2D eigenvalue weighted by atomic mass is 16.1. The van der Waals surface area contributed by atoms with E-state index in [1.807, 2.05) is 0 Å². The fourth-order valence-corrected chi connectivity index (χ4v) is 3.96. The second kappa shape index (κ2) is 7.39. The first-order chi connectivity index (χ1) is 15.6. The maximum Gasteiger partial charge on any atom is 0.194 e. The van der Waals surface area contributed by atoms with Crippen LogP contribution >= 0.6 is 0 Å². The Balaban J connectivity index is 1.63. The summed E-state index contributed by atoms with van der Waals surface area (Å²) in [6.45, 7) is 0. The Bertz CT molecular complexity index is 1420. The molecule has 0 fully saturated rings. The molecule has 2 aromatic heterocycles. The zero-order valence-electron chi connectivity index (χ0n) is 16.5. The highest BCUT2D eigenvalue weighted by Crippen LogP contribution is 2.34. The van der Waals surface area contributed by atoms with Crippen molar-refractivity contribution in [3.05, 3.63) is 107 Å². The molecule has 148 valence electrons. The highest BCUT2D eigenvalue weighted by molar-refractivity contribution is 6.29. The van der Waals surface area contributed by atoms with E-state index < -0.39 is 0 Å². The quantitative estimate of drug-likeness (QED) is 0.427. The molecule has 1 aliphatic carbocycles. The molecule has 6 nitrogen and oxygen atoms in total. The minimum absolute atomic E-state index is 0.259. The van der Waals surface area contributed by atoms with Crippen LogP contribution in [0.4, 0.5) is 0 Å². The van der Waals surface area contributed by atoms with Crippen molar-refractivity contribution in [3.63, 3.8) is 0 Å². The van der Waals surface area contributed by atoms with Crippen LogP contribution in [0.5, 0.6) is 0 Å². The SMILES string of the molecule is N#Cc1cnccc1-c1ccc2c(c1)C(=O)c1ccc(-c3ccncc3C#N)cc1C2=O. The molecule has 2 aromatic carbocycles. The second-order valence-corrected chi connectivity index (χ2v) is 7.25. The van der Waals surface area contributed by atoms with E-state index in [1.54, 1.807) is 60.9 Å². The first kappa shape index (κ1) is 19.0. The molecule has 0 unspecified atom stereocenters. The van der Waals surface area contributed by atoms with Crippen LogP contribution in [-0.4, -0.2) is 21.5 Å². The minimum atomic E-state index is -0.259. The van der Waals surface area contributed by atoms with Gasteiger partial charge in [0.1, 0.15) is 12.1 Å². The third-order valence-corrected chi connectivity index (χ3v) is 5.52. The van der Waals surface area contributed by atoms with Crippen molar-refractivity contribution in [2.24, 2.45) is 0 Å². The fraction of sp³-hybridized carbons (Fsp3) is 0. The Morgan fingerprint density at radius 3 is 1.41 bits per heavy atom. The van der Waals surface area contributed by atoms with E-state index in [-0.39, 0.29) is 11.6 Å². The van der Waals surface area contributed by atoms with E-state index in [0.29, 0.717) is 55.6 Å². The Kier molecular flexibility index (Phi) is 4.40. The molecule has 0 N–H and O–H groups in total. The molecule has 32 heavy (non-hydrogen) atoms. The number of rotatable bonds is 2. The van der Waals surface area contributed by atoms with Gasteiger partial charge < -0.3 is 0 Å². The summed E-state index contributed by atoms with van der Waals surface area (Å²) >= 11 is 0. The predicted molar refractivity (Wildman–Crippen MR) is 116 cm³/mol. The van der Waals surface area contributed by atoms with E-state index in [2.05, 4.69) is 22.1 Å². The number of aromatic nitrogens is 2. The molecule has 5 rings (SSSR count). The third-order valence-electron chi connectivity index (χ3n) is 5.52. The molecule has 0 radical (unpaired) electrons. The summed E-state index contributed by atoms with van der Waals surface area (Å²) in [5.41, 5.74) is 4.62. The number of hydrogen-bond acceptors (Lipinski definition) is 6. The standard InChI is InChI=1S/C26H12N4O2/c27-11-17-13-29-7-5-19(17)15-1-3-21-23(9-15)26(32)22-4-2-16(10-24(22)25(21)31)20-6-8-30-14-18(20)12-28/h1-10,13-14H. The number of benzene rings is 2. The van der Waals surface area contributed by atoms with Gasteiger partial charge in [-0.25, -0.2) is 0 Å². The van der Waals surface area contributed by atoms with Gasteiger partial charge in [-0.05, 0) is 47.5 Å². The van der Waals surface area contributed by atoms with E-state index in [9.17, 15) is 20.1 Å².